The van der Waals surface area contributed by atoms with Crippen molar-refractivity contribution in [2.24, 2.45) is 0 Å². The third-order valence-corrected chi connectivity index (χ3v) is 16.9. The third kappa shape index (κ3) is 6.11. The monoisotopic (exact) mass is 900 g/mol. The van der Waals surface area contributed by atoms with Crippen LogP contribution in [0.25, 0.3) is 77.2 Å². The molecule has 2 nitrogen and oxygen atoms in total. The van der Waals surface area contributed by atoms with Gasteiger partial charge in [-0.2, -0.15) is 0 Å². The fraction of sp³-hybridized carbons (Fsp3) is 0.176. The highest BCUT2D eigenvalue weighted by Crippen LogP contribution is 2.54. The molecule has 0 spiro atoms. The lowest BCUT2D eigenvalue weighted by atomic mass is 9.80. The van der Waals surface area contributed by atoms with Gasteiger partial charge in [0.1, 0.15) is 0 Å². The lowest BCUT2D eigenvalue weighted by Crippen LogP contribution is -2.24. The zero-order chi connectivity index (χ0) is 46.9. The molecule has 2 aliphatic carbocycles. The van der Waals surface area contributed by atoms with Gasteiger partial charge in [0.05, 0.1) is 0 Å². The van der Waals surface area contributed by atoms with E-state index in [-0.39, 0.29) is 10.8 Å². The minimum Gasteiger partial charge on any atom is -0.341 e. The molecular weight excluding hydrogens is 845 g/mol. The first kappa shape index (κ1) is 41.3. The number of para-hydroxylation sites is 2. The summed E-state index contributed by atoms with van der Waals surface area (Å²) >= 11 is 0. The molecule has 2 aliphatic heterocycles. The second-order valence-electron chi connectivity index (χ2n) is 21.4. The summed E-state index contributed by atoms with van der Waals surface area (Å²) in [7, 11) is 0. The molecule has 2 heterocycles. The average Bonchev–Trinajstić information content (AvgIpc) is 3.78. The number of nitrogens with zero attached hydrogens (tertiary/aromatic N) is 2. The van der Waals surface area contributed by atoms with E-state index in [0.717, 1.165) is 38.8 Å². The summed E-state index contributed by atoms with van der Waals surface area (Å²) in [5.74, 6) is 0. The normalized spacial score (nSPS) is 15.8. The van der Waals surface area contributed by atoms with Crippen molar-refractivity contribution in [1.82, 2.24) is 0 Å². The number of hydrogen-bond donors (Lipinski definition) is 0. The van der Waals surface area contributed by atoms with Crippen LogP contribution >= 0.6 is 0 Å². The first-order chi connectivity index (χ1) is 34.2. The van der Waals surface area contributed by atoms with Crippen LogP contribution in [0.2, 0.25) is 0 Å². The average molecular weight is 901 g/mol. The maximum absolute atomic E-state index is 2.57. The zero-order valence-corrected chi connectivity index (χ0v) is 40.6. The van der Waals surface area contributed by atoms with Gasteiger partial charge < -0.3 is 9.80 Å². The first-order valence-corrected chi connectivity index (χ1v) is 25.6. The van der Waals surface area contributed by atoms with Gasteiger partial charge in [-0.25, -0.2) is 0 Å². The molecule has 0 saturated heterocycles. The van der Waals surface area contributed by atoms with E-state index in [1.807, 2.05) is 0 Å². The highest BCUT2D eigenvalue weighted by molar-refractivity contribution is 6.23. The summed E-state index contributed by atoms with van der Waals surface area (Å²) in [6, 6.07) is 74.8. The Bertz CT molecular complexity index is 3810. The molecule has 338 valence electrons. The van der Waals surface area contributed by atoms with Crippen LogP contribution in [0, 0.1) is 0 Å². The molecule has 0 bridgehead atoms. The first-order valence-electron chi connectivity index (χ1n) is 25.6. The summed E-state index contributed by atoms with van der Waals surface area (Å²) in [5, 5.41) is 5.13. The van der Waals surface area contributed by atoms with Crippen LogP contribution < -0.4 is 9.80 Å². The second kappa shape index (κ2) is 15.4. The van der Waals surface area contributed by atoms with E-state index in [2.05, 4.69) is 232 Å². The Morgan fingerprint density at radius 3 is 1.31 bits per heavy atom. The predicted molar refractivity (Wildman–Crippen MR) is 296 cm³/mol. The van der Waals surface area contributed by atoms with E-state index in [9.17, 15) is 0 Å². The van der Waals surface area contributed by atoms with Gasteiger partial charge in [-0.15, -0.1) is 0 Å². The standard InChI is InChI=1S/C68H56N2/c1-67(2)59-24-9-7-22-51(59)53-32-28-46(39-61(53)67)45-18-13-19-47(38-45)65-55-34-30-50(70-37-15-21-44-17-6-12-27-64(44)70)42-58(55)66(48-29-33-54-52-23-8-10-25-60(52)68(3,4)62(54)40-48)56-35-31-49(41-57(56)65)69-36-14-20-43-16-5-11-26-63(43)69/h5-13,16-19,22-35,38-42H,14-15,20-21,36-37H2,1-4H3. The van der Waals surface area contributed by atoms with Crippen molar-refractivity contribution in [1.29, 1.82) is 0 Å². The number of fused-ring (bicyclic) bond motifs is 10. The summed E-state index contributed by atoms with van der Waals surface area (Å²) in [4.78, 5) is 5.14. The van der Waals surface area contributed by atoms with Crippen molar-refractivity contribution in [3.8, 4) is 55.6 Å². The summed E-state index contributed by atoms with van der Waals surface area (Å²) in [6.07, 6.45) is 4.49. The maximum atomic E-state index is 2.57. The van der Waals surface area contributed by atoms with Gasteiger partial charge in [-0.3, -0.25) is 0 Å². The Kier molecular flexibility index (Phi) is 9.09. The van der Waals surface area contributed by atoms with Crippen LogP contribution in [-0.4, -0.2) is 13.1 Å². The van der Waals surface area contributed by atoms with Crippen molar-refractivity contribution in [2.75, 3.05) is 22.9 Å². The van der Waals surface area contributed by atoms with Gasteiger partial charge >= 0.3 is 0 Å². The topological polar surface area (TPSA) is 6.48 Å². The van der Waals surface area contributed by atoms with E-state index < -0.39 is 0 Å². The van der Waals surface area contributed by atoms with Crippen molar-refractivity contribution < 1.29 is 0 Å². The van der Waals surface area contributed by atoms with E-state index in [4.69, 9.17) is 0 Å². The molecule has 2 heteroatoms. The summed E-state index contributed by atoms with van der Waals surface area (Å²) in [5.41, 5.74) is 26.4. The van der Waals surface area contributed by atoms with Gasteiger partial charge in [0.25, 0.3) is 0 Å². The Balaban J connectivity index is 1.04. The minimum atomic E-state index is -0.124. The number of benzene rings is 10. The van der Waals surface area contributed by atoms with E-state index in [1.165, 1.54) is 133 Å². The van der Waals surface area contributed by atoms with Crippen LogP contribution in [0.15, 0.2) is 194 Å². The SMILES string of the molecule is CC1(C)c2ccccc2-c2ccc(-c3cccc(-c4c5ccc(N6CCCc7ccccc76)cc5c(-c5ccc6c(c5)C(C)(C)c5ccccc5-6)c5ccc(N6CCCc7ccccc76)cc45)c3)cc21. The molecule has 0 radical (unpaired) electrons. The Morgan fingerprint density at radius 2 is 0.757 bits per heavy atom. The maximum Gasteiger partial charge on any atom is 0.0443 e. The molecule has 0 fully saturated rings. The predicted octanol–water partition coefficient (Wildman–Crippen LogP) is 17.8. The Morgan fingerprint density at radius 1 is 0.329 bits per heavy atom. The molecule has 0 aromatic heterocycles. The molecule has 10 aromatic rings. The van der Waals surface area contributed by atoms with Gasteiger partial charge in [0.15, 0.2) is 0 Å². The second-order valence-corrected chi connectivity index (χ2v) is 21.4. The Labute approximate surface area is 412 Å². The highest BCUT2D eigenvalue weighted by atomic mass is 15.1. The van der Waals surface area contributed by atoms with Crippen molar-refractivity contribution in [2.45, 2.75) is 64.2 Å². The van der Waals surface area contributed by atoms with Gasteiger partial charge in [-0.05, 0) is 191 Å². The zero-order valence-electron chi connectivity index (χ0n) is 40.6. The fourth-order valence-corrected chi connectivity index (χ4v) is 13.4. The van der Waals surface area contributed by atoms with Crippen molar-refractivity contribution in [3.63, 3.8) is 0 Å². The molecule has 0 atom stereocenters. The van der Waals surface area contributed by atoms with E-state index in [1.54, 1.807) is 0 Å². The fourth-order valence-electron chi connectivity index (χ4n) is 13.4. The van der Waals surface area contributed by atoms with Crippen molar-refractivity contribution >= 4 is 44.3 Å². The smallest absolute Gasteiger partial charge is 0.0443 e. The summed E-state index contributed by atoms with van der Waals surface area (Å²) in [6.45, 7) is 11.6. The lowest BCUT2D eigenvalue weighted by Gasteiger charge is -2.32. The van der Waals surface area contributed by atoms with Crippen LogP contribution in [0.1, 0.15) is 73.9 Å². The Hall–Kier alpha value is -7.68. The summed E-state index contributed by atoms with van der Waals surface area (Å²) < 4.78 is 0. The molecular formula is C68H56N2. The number of rotatable bonds is 5. The van der Waals surface area contributed by atoms with Crippen LogP contribution in [0.3, 0.4) is 0 Å². The van der Waals surface area contributed by atoms with Gasteiger partial charge in [0, 0.05) is 46.7 Å². The molecule has 70 heavy (non-hydrogen) atoms. The molecule has 0 N–H and O–H groups in total. The van der Waals surface area contributed by atoms with Crippen LogP contribution in [0.4, 0.5) is 22.7 Å². The van der Waals surface area contributed by atoms with Crippen LogP contribution in [0.5, 0.6) is 0 Å². The molecule has 0 amide bonds. The quantitative estimate of drug-likeness (QED) is 0.159. The molecule has 0 unspecified atom stereocenters. The molecule has 0 saturated carbocycles. The number of hydrogen-bond acceptors (Lipinski definition) is 2. The minimum absolute atomic E-state index is 0.0760. The van der Waals surface area contributed by atoms with Gasteiger partial charge in [0.2, 0.25) is 0 Å². The van der Waals surface area contributed by atoms with E-state index in [0.29, 0.717) is 0 Å². The van der Waals surface area contributed by atoms with Gasteiger partial charge in [-0.1, -0.05) is 167 Å². The largest absolute Gasteiger partial charge is 0.341 e. The number of anilines is 4. The molecule has 10 aromatic carbocycles. The van der Waals surface area contributed by atoms with E-state index >= 15 is 0 Å². The van der Waals surface area contributed by atoms with Crippen molar-refractivity contribution in [3.05, 3.63) is 228 Å². The lowest BCUT2D eigenvalue weighted by molar-refractivity contribution is 0.660. The molecule has 4 aliphatic rings. The highest BCUT2D eigenvalue weighted by Gasteiger charge is 2.37. The third-order valence-electron chi connectivity index (χ3n) is 16.9. The van der Waals surface area contributed by atoms with Crippen LogP contribution in [-0.2, 0) is 23.7 Å². The molecule has 14 rings (SSSR count). The number of aryl methyl sites for hydroxylation is 2.